The first-order valence-corrected chi connectivity index (χ1v) is 8.97. The van der Waals surface area contributed by atoms with Crippen LogP contribution >= 0.6 is 0 Å². The molecule has 0 amide bonds. The van der Waals surface area contributed by atoms with E-state index in [1.54, 1.807) is 4.90 Å². The van der Waals surface area contributed by atoms with Gasteiger partial charge >= 0.3 is 5.69 Å². The van der Waals surface area contributed by atoms with Crippen molar-refractivity contribution >= 4 is 15.8 Å². The predicted molar refractivity (Wildman–Crippen MR) is 84.9 cm³/mol. The third kappa shape index (κ3) is 3.46. The fourth-order valence-corrected chi connectivity index (χ4v) is 3.65. The zero-order valence-electron chi connectivity index (χ0n) is 13.2. The summed E-state index contributed by atoms with van der Waals surface area (Å²) in [6.07, 6.45) is 2.17. The predicted octanol–water partition coefficient (Wildman–Crippen LogP) is -1.53. The maximum absolute atomic E-state index is 12.1. The van der Waals surface area contributed by atoms with Crippen molar-refractivity contribution < 1.29 is 8.42 Å². The number of nitrogens with one attached hydrogen (secondary N) is 1. The van der Waals surface area contributed by atoms with Gasteiger partial charge in [0.15, 0.2) is 5.56 Å². The van der Waals surface area contributed by atoms with Gasteiger partial charge in [-0.3, -0.25) is 13.9 Å². The molecular weight excluding hydrogens is 322 g/mol. The molecule has 23 heavy (non-hydrogen) atoms. The fourth-order valence-electron chi connectivity index (χ4n) is 2.81. The van der Waals surface area contributed by atoms with Gasteiger partial charge in [0.1, 0.15) is 11.9 Å². The molecule has 1 saturated heterocycles. The quantitative estimate of drug-likeness (QED) is 0.713. The summed E-state index contributed by atoms with van der Waals surface area (Å²) in [4.78, 5) is 25.9. The largest absolute Gasteiger partial charge is 0.357 e. The van der Waals surface area contributed by atoms with E-state index in [4.69, 9.17) is 0 Å². The lowest BCUT2D eigenvalue weighted by Crippen LogP contribution is -2.48. The molecule has 0 aliphatic carbocycles. The highest BCUT2D eigenvalue weighted by atomic mass is 32.2. The van der Waals surface area contributed by atoms with Crippen molar-refractivity contribution in [3.63, 3.8) is 0 Å². The molecule has 1 aliphatic heterocycles. The van der Waals surface area contributed by atoms with Crippen molar-refractivity contribution in [2.24, 2.45) is 14.1 Å². The van der Waals surface area contributed by atoms with Gasteiger partial charge in [0.25, 0.3) is 5.56 Å². The lowest BCUT2D eigenvalue weighted by atomic mass is 10.1. The first-order chi connectivity index (χ1) is 10.7. The van der Waals surface area contributed by atoms with Crippen LogP contribution in [0.1, 0.15) is 18.4 Å². The first-order valence-electron chi connectivity index (χ1n) is 7.08. The molecule has 2 heterocycles. The Hall–Kier alpha value is -2.12. The van der Waals surface area contributed by atoms with Crippen LogP contribution in [0.15, 0.2) is 9.59 Å². The van der Waals surface area contributed by atoms with E-state index in [9.17, 15) is 23.3 Å². The Balaban J connectivity index is 2.34. The van der Waals surface area contributed by atoms with Gasteiger partial charge in [-0.2, -0.15) is 5.26 Å². The highest BCUT2D eigenvalue weighted by Gasteiger charge is 2.26. The van der Waals surface area contributed by atoms with Crippen molar-refractivity contribution in [2.45, 2.75) is 18.9 Å². The number of piperidine rings is 1. The molecular formula is C13H19N5O4S. The van der Waals surface area contributed by atoms with Crippen LogP contribution in [0.3, 0.4) is 0 Å². The normalized spacial score (nSPS) is 16.3. The summed E-state index contributed by atoms with van der Waals surface area (Å²) in [5, 5.41) is 9.28. The molecule has 0 unspecified atom stereocenters. The Bertz CT molecular complexity index is 869. The molecule has 126 valence electrons. The van der Waals surface area contributed by atoms with Crippen LogP contribution < -0.4 is 20.9 Å². The zero-order chi connectivity index (χ0) is 17.4. The average molecular weight is 341 g/mol. The molecule has 9 nitrogen and oxygen atoms in total. The molecule has 0 radical (unpaired) electrons. The van der Waals surface area contributed by atoms with Gasteiger partial charge in [-0.25, -0.2) is 17.9 Å². The van der Waals surface area contributed by atoms with Gasteiger partial charge in [-0.15, -0.1) is 0 Å². The molecule has 0 spiro atoms. The fraction of sp³-hybridized carbons (Fsp3) is 0.615. The third-order valence-electron chi connectivity index (χ3n) is 3.92. The molecule has 2 rings (SSSR count). The van der Waals surface area contributed by atoms with Crippen molar-refractivity contribution in [3.8, 4) is 6.07 Å². The Morgan fingerprint density at radius 2 is 1.74 bits per heavy atom. The van der Waals surface area contributed by atoms with E-state index in [2.05, 4.69) is 4.72 Å². The van der Waals surface area contributed by atoms with E-state index in [-0.39, 0.29) is 11.6 Å². The molecule has 10 heteroatoms. The number of hydrogen-bond acceptors (Lipinski definition) is 6. The Labute approximate surface area is 133 Å². The highest BCUT2D eigenvalue weighted by molar-refractivity contribution is 7.88. The number of rotatable bonds is 3. The second-order valence-corrected chi connectivity index (χ2v) is 7.45. The molecule has 0 saturated carbocycles. The lowest BCUT2D eigenvalue weighted by Gasteiger charge is -2.34. The van der Waals surface area contributed by atoms with Crippen LogP contribution in [0.25, 0.3) is 0 Å². The number of nitrogens with zero attached hydrogens (tertiary/aromatic N) is 4. The average Bonchev–Trinajstić information content (AvgIpc) is 2.48. The van der Waals surface area contributed by atoms with E-state index in [0.717, 1.165) is 10.8 Å². The number of anilines is 1. The van der Waals surface area contributed by atoms with Crippen molar-refractivity contribution in [3.05, 3.63) is 26.4 Å². The molecule has 1 fully saturated rings. The van der Waals surface area contributed by atoms with Gasteiger partial charge in [-0.1, -0.05) is 0 Å². The Morgan fingerprint density at radius 3 is 2.22 bits per heavy atom. The van der Waals surface area contributed by atoms with Gasteiger partial charge in [0.05, 0.1) is 6.26 Å². The van der Waals surface area contributed by atoms with Gasteiger partial charge in [-0.05, 0) is 12.8 Å². The van der Waals surface area contributed by atoms with Crippen LogP contribution in [-0.2, 0) is 24.1 Å². The Kier molecular flexibility index (Phi) is 4.63. The van der Waals surface area contributed by atoms with E-state index < -0.39 is 21.3 Å². The molecule has 0 aromatic carbocycles. The minimum Gasteiger partial charge on any atom is -0.357 e. The van der Waals surface area contributed by atoms with Gasteiger partial charge in [0.2, 0.25) is 10.0 Å². The summed E-state index contributed by atoms with van der Waals surface area (Å²) >= 11 is 0. The second kappa shape index (κ2) is 6.17. The van der Waals surface area contributed by atoms with Gasteiger partial charge < -0.3 is 4.90 Å². The minimum absolute atomic E-state index is 0.0795. The number of nitriles is 1. The van der Waals surface area contributed by atoms with Crippen LogP contribution in [0.2, 0.25) is 0 Å². The molecule has 0 atom stereocenters. The standard InChI is InChI=1S/C13H19N5O4S/c1-16-11(10(8-14)12(19)17(2)13(16)20)18-6-4-9(5-7-18)15-23(3,21)22/h9,15H,4-7H2,1-3H3. The summed E-state index contributed by atoms with van der Waals surface area (Å²) in [5.41, 5.74) is -1.20. The smallest absolute Gasteiger partial charge is 0.332 e. The summed E-state index contributed by atoms with van der Waals surface area (Å²) < 4.78 is 27.3. The minimum atomic E-state index is -3.28. The second-order valence-electron chi connectivity index (χ2n) is 5.67. The maximum atomic E-state index is 12.1. The van der Waals surface area contributed by atoms with Crippen LogP contribution in [0.5, 0.6) is 0 Å². The van der Waals surface area contributed by atoms with Crippen LogP contribution in [0, 0.1) is 11.3 Å². The highest BCUT2D eigenvalue weighted by Crippen LogP contribution is 2.20. The molecule has 1 aliphatic rings. The summed E-state index contributed by atoms with van der Waals surface area (Å²) in [7, 11) is -0.432. The van der Waals surface area contributed by atoms with Crippen molar-refractivity contribution in [1.82, 2.24) is 13.9 Å². The maximum Gasteiger partial charge on any atom is 0.332 e. The van der Waals surface area contributed by atoms with E-state index in [1.807, 2.05) is 6.07 Å². The molecule has 1 aromatic rings. The van der Waals surface area contributed by atoms with Crippen LogP contribution in [-0.4, -0.2) is 42.9 Å². The molecule has 1 N–H and O–H groups in total. The van der Waals surface area contributed by atoms with Crippen molar-refractivity contribution in [1.29, 1.82) is 5.26 Å². The first kappa shape index (κ1) is 17.2. The van der Waals surface area contributed by atoms with Crippen LogP contribution in [0.4, 0.5) is 5.82 Å². The summed E-state index contributed by atoms with van der Waals surface area (Å²) in [6, 6.07) is 1.69. The molecule has 0 bridgehead atoms. The van der Waals surface area contributed by atoms with E-state index in [0.29, 0.717) is 31.7 Å². The van der Waals surface area contributed by atoms with E-state index >= 15 is 0 Å². The number of aromatic nitrogens is 2. The third-order valence-corrected chi connectivity index (χ3v) is 4.68. The SMILES string of the molecule is Cn1c(N2CCC(NS(C)(=O)=O)CC2)c(C#N)c(=O)n(C)c1=O. The monoisotopic (exact) mass is 341 g/mol. The topological polar surface area (TPSA) is 117 Å². The summed E-state index contributed by atoms with van der Waals surface area (Å²) in [5.74, 6) is 0.290. The molecule has 1 aromatic heterocycles. The Morgan fingerprint density at radius 1 is 1.17 bits per heavy atom. The number of sulfonamides is 1. The van der Waals surface area contributed by atoms with E-state index in [1.165, 1.54) is 18.7 Å². The lowest BCUT2D eigenvalue weighted by molar-refractivity contribution is 0.455. The van der Waals surface area contributed by atoms with Gasteiger partial charge in [0, 0.05) is 33.2 Å². The van der Waals surface area contributed by atoms with Crippen molar-refractivity contribution in [2.75, 3.05) is 24.2 Å². The summed E-state index contributed by atoms with van der Waals surface area (Å²) in [6.45, 7) is 0.893. The number of hydrogen-bond donors (Lipinski definition) is 1. The zero-order valence-corrected chi connectivity index (χ0v) is 14.1.